The Morgan fingerprint density at radius 1 is 1.32 bits per heavy atom. The fraction of sp³-hybridized carbons (Fsp3) is 0.133. The molecular weight excluding hydrogens is 282 g/mol. The van der Waals surface area contributed by atoms with E-state index < -0.39 is 6.09 Å². The first-order valence-electron chi connectivity index (χ1n) is 6.83. The molecule has 7 nitrogen and oxygen atoms in total. The first kappa shape index (κ1) is 13.9. The normalized spacial score (nSPS) is 10.6. The number of aromatic amines is 1. The fourth-order valence-corrected chi connectivity index (χ4v) is 2.08. The maximum Gasteiger partial charge on any atom is 0.412 e. The number of H-pyrrole nitrogens is 1. The number of amides is 1. The minimum Gasteiger partial charge on any atom is -0.450 e. The molecule has 3 rings (SSSR count). The van der Waals surface area contributed by atoms with Crippen molar-refractivity contribution in [2.75, 3.05) is 17.7 Å². The van der Waals surface area contributed by atoms with Gasteiger partial charge in [0, 0.05) is 11.6 Å². The Labute approximate surface area is 126 Å². The lowest BCUT2D eigenvalue weighted by molar-refractivity contribution is 0.168. The van der Waals surface area contributed by atoms with Crippen LogP contribution in [0.2, 0.25) is 0 Å². The Morgan fingerprint density at radius 2 is 2.09 bits per heavy atom. The third kappa shape index (κ3) is 2.69. The Balaban J connectivity index is 1.98. The first-order valence-corrected chi connectivity index (χ1v) is 6.83. The van der Waals surface area contributed by atoms with Gasteiger partial charge in [-0.05, 0) is 6.92 Å². The number of aromatic nitrogens is 3. The van der Waals surface area contributed by atoms with Gasteiger partial charge in [0.05, 0.1) is 12.3 Å². The summed E-state index contributed by atoms with van der Waals surface area (Å²) in [6.45, 7) is 2.01. The number of pyridine rings is 1. The van der Waals surface area contributed by atoms with Crippen molar-refractivity contribution in [2.24, 2.45) is 0 Å². The predicted octanol–water partition coefficient (Wildman–Crippen LogP) is 2.78. The minimum absolute atomic E-state index is 0.282. The second-order valence-electron chi connectivity index (χ2n) is 4.59. The van der Waals surface area contributed by atoms with Crippen LogP contribution in [-0.4, -0.2) is 27.7 Å². The summed E-state index contributed by atoms with van der Waals surface area (Å²) in [5, 5.41) is 2.52. The molecule has 1 amide bonds. The zero-order valence-corrected chi connectivity index (χ0v) is 12.0. The first-order chi connectivity index (χ1) is 10.7. The molecule has 0 unspecified atom stereocenters. The number of ether oxygens (including phenoxy) is 1. The van der Waals surface area contributed by atoms with E-state index in [0.717, 1.165) is 5.56 Å². The number of nitrogens with zero attached hydrogens (tertiary/aromatic N) is 2. The quantitative estimate of drug-likeness (QED) is 0.689. The third-order valence-electron chi connectivity index (χ3n) is 3.04. The highest BCUT2D eigenvalue weighted by Crippen LogP contribution is 2.25. The SMILES string of the molecule is CCOC(=O)Nc1cc(N)c2[nH]c(-c3ccccc3)nc2n1. The molecule has 0 bridgehead atoms. The van der Waals surface area contributed by atoms with Gasteiger partial charge < -0.3 is 15.5 Å². The summed E-state index contributed by atoms with van der Waals surface area (Å²) < 4.78 is 4.81. The number of anilines is 2. The van der Waals surface area contributed by atoms with Crippen LogP contribution < -0.4 is 11.1 Å². The molecule has 0 saturated carbocycles. The van der Waals surface area contributed by atoms with Gasteiger partial charge in [0.25, 0.3) is 0 Å². The van der Waals surface area contributed by atoms with Crippen LogP contribution in [0.3, 0.4) is 0 Å². The van der Waals surface area contributed by atoms with Crippen molar-refractivity contribution in [3.63, 3.8) is 0 Å². The molecular formula is C15H15N5O2. The highest BCUT2D eigenvalue weighted by molar-refractivity contribution is 5.92. The molecule has 0 aliphatic carbocycles. The topological polar surface area (TPSA) is 106 Å². The van der Waals surface area contributed by atoms with Crippen molar-refractivity contribution in [2.45, 2.75) is 6.92 Å². The molecule has 0 fully saturated rings. The van der Waals surface area contributed by atoms with Gasteiger partial charge in [-0.1, -0.05) is 30.3 Å². The number of imidazole rings is 1. The molecule has 0 radical (unpaired) electrons. The molecule has 0 spiro atoms. The number of fused-ring (bicyclic) bond motifs is 1. The van der Waals surface area contributed by atoms with Crippen LogP contribution in [0.25, 0.3) is 22.6 Å². The van der Waals surface area contributed by atoms with E-state index in [2.05, 4.69) is 20.3 Å². The second-order valence-corrected chi connectivity index (χ2v) is 4.59. The lowest BCUT2D eigenvalue weighted by atomic mass is 10.2. The number of hydrogen-bond acceptors (Lipinski definition) is 5. The van der Waals surface area contributed by atoms with Crippen molar-refractivity contribution in [1.82, 2.24) is 15.0 Å². The van der Waals surface area contributed by atoms with Crippen LogP contribution in [0.15, 0.2) is 36.4 Å². The van der Waals surface area contributed by atoms with Crippen molar-refractivity contribution in [3.05, 3.63) is 36.4 Å². The van der Waals surface area contributed by atoms with E-state index in [-0.39, 0.29) is 6.61 Å². The summed E-state index contributed by atoms with van der Waals surface area (Å²) in [5.74, 6) is 0.970. The minimum atomic E-state index is -0.576. The number of benzene rings is 1. The zero-order valence-electron chi connectivity index (χ0n) is 12.0. The van der Waals surface area contributed by atoms with Gasteiger partial charge in [0.1, 0.15) is 17.2 Å². The molecule has 0 saturated heterocycles. The van der Waals surface area contributed by atoms with E-state index in [1.165, 1.54) is 0 Å². The smallest absolute Gasteiger partial charge is 0.412 e. The molecule has 1 aromatic carbocycles. The highest BCUT2D eigenvalue weighted by atomic mass is 16.5. The van der Waals surface area contributed by atoms with Crippen LogP contribution in [-0.2, 0) is 4.74 Å². The number of carbonyl (C=O) groups is 1. The number of nitrogen functional groups attached to an aromatic ring is 1. The Kier molecular flexibility index (Phi) is 3.61. The summed E-state index contributed by atoms with van der Waals surface area (Å²) in [6.07, 6.45) is -0.576. The molecule has 3 aromatic rings. The molecule has 7 heteroatoms. The number of rotatable bonds is 3. The van der Waals surface area contributed by atoms with Gasteiger partial charge in [-0.2, -0.15) is 0 Å². The fourth-order valence-electron chi connectivity index (χ4n) is 2.08. The van der Waals surface area contributed by atoms with Crippen LogP contribution in [0.4, 0.5) is 16.3 Å². The van der Waals surface area contributed by atoms with Crippen LogP contribution >= 0.6 is 0 Å². The molecule has 0 aliphatic rings. The molecule has 2 aromatic heterocycles. The monoisotopic (exact) mass is 297 g/mol. The summed E-state index contributed by atoms with van der Waals surface area (Å²) in [5.41, 5.74) is 8.44. The largest absolute Gasteiger partial charge is 0.450 e. The van der Waals surface area contributed by atoms with Crippen molar-refractivity contribution >= 4 is 28.8 Å². The van der Waals surface area contributed by atoms with E-state index in [1.54, 1.807) is 13.0 Å². The highest BCUT2D eigenvalue weighted by Gasteiger charge is 2.12. The van der Waals surface area contributed by atoms with Crippen molar-refractivity contribution in [1.29, 1.82) is 0 Å². The maximum absolute atomic E-state index is 11.4. The number of nitrogens with one attached hydrogen (secondary N) is 2. The molecule has 0 atom stereocenters. The molecule has 22 heavy (non-hydrogen) atoms. The van der Waals surface area contributed by atoms with Gasteiger partial charge in [-0.25, -0.2) is 14.8 Å². The summed E-state index contributed by atoms with van der Waals surface area (Å²) in [6, 6.07) is 11.2. The number of carbonyl (C=O) groups excluding carboxylic acids is 1. The van der Waals surface area contributed by atoms with E-state index in [1.807, 2.05) is 30.3 Å². The van der Waals surface area contributed by atoms with E-state index in [4.69, 9.17) is 10.5 Å². The van der Waals surface area contributed by atoms with Crippen LogP contribution in [0.1, 0.15) is 6.92 Å². The Hall–Kier alpha value is -3.09. The molecule has 2 heterocycles. The van der Waals surface area contributed by atoms with Crippen LogP contribution in [0, 0.1) is 0 Å². The van der Waals surface area contributed by atoms with Gasteiger partial charge in [-0.3, -0.25) is 5.32 Å². The summed E-state index contributed by atoms with van der Waals surface area (Å²) in [4.78, 5) is 23.3. The number of hydrogen-bond donors (Lipinski definition) is 3. The number of nitrogens with two attached hydrogens (primary N) is 1. The molecule has 4 N–H and O–H groups in total. The average molecular weight is 297 g/mol. The second kappa shape index (κ2) is 5.72. The lowest BCUT2D eigenvalue weighted by Gasteiger charge is -2.05. The van der Waals surface area contributed by atoms with Gasteiger partial charge >= 0.3 is 6.09 Å². The summed E-state index contributed by atoms with van der Waals surface area (Å²) >= 11 is 0. The van der Waals surface area contributed by atoms with Gasteiger partial charge in [0.15, 0.2) is 5.65 Å². The third-order valence-corrected chi connectivity index (χ3v) is 3.04. The van der Waals surface area contributed by atoms with Gasteiger partial charge in [0.2, 0.25) is 0 Å². The zero-order chi connectivity index (χ0) is 15.5. The van der Waals surface area contributed by atoms with E-state index >= 15 is 0 Å². The Morgan fingerprint density at radius 3 is 2.82 bits per heavy atom. The van der Waals surface area contributed by atoms with E-state index in [0.29, 0.717) is 28.5 Å². The average Bonchev–Trinajstić information content (AvgIpc) is 2.93. The van der Waals surface area contributed by atoms with E-state index in [9.17, 15) is 4.79 Å². The summed E-state index contributed by atoms with van der Waals surface area (Å²) in [7, 11) is 0. The standard InChI is InChI=1S/C15H15N5O2/c1-2-22-15(21)18-11-8-10(16)12-14(17-11)20-13(19-12)9-6-4-3-5-7-9/h3-8H,2H2,1H3,(H4,16,17,18,19,20,21). The Bertz CT molecular complexity index is 813. The van der Waals surface area contributed by atoms with Crippen LogP contribution in [0.5, 0.6) is 0 Å². The van der Waals surface area contributed by atoms with Gasteiger partial charge in [-0.15, -0.1) is 0 Å². The molecule has 0 aliphatic heterocycles. The lowest BCUT2D eigenvalue weighted by Crippen LogP contribution is -2.14. The maximum atomic E-state index is 11.4. The van der Waals surface area contributed by atoms with Crippen molar-refractivity contribution < 1.29 is 9.53 Å². The predicted molar refractivity (Wildman–Crippen MR) is 84.4 cm³/mol. The van der Waals surface area contributed by atoms with Crippen molar-refractivity contribution in [3.8, 4) is 11.4 Å². The molecule has 112 valence electrons.